The molecule has 1 aromatic carbocycles. The van der Waals surface area contributed by atoms with Gasteiger partial charge in [-0.05, 0) is 31.0 Å². The Morgan fingerprint density at radius 1 is 1.21 bits per heavy atom. The molecule has 2 aliphatic rings. The molecule has 33 heavy (non-hydrogen) atoms. The Kier molecular flexibility index (Phi) is 5.37. The molecule has 0 unspecified atom stereocenters. The minimum Gasteiger partial charge on any atom is -0.477 e. The fraction of sp³-hybridized carbons (Fsp3) is 0.348. The van der Waals surface area contributed by atoms with Gasteiger partial charge in [0.2, 0.25) is 5.43 Å². The van der Waals surface area contributed by atoms with Crippen molar-refractivity contribution in [3.8, 4) is 0 Å². The van der Waals surface area contributed by atoms with Crippen LogP contribution in [0.2, 0.25) is 0 Å². The summed E-state index contributed by atoms with van der Waals surface area (Å²) in [5.74, 6) is -1.85. The topological polar surface area (TPSA) is 112 Å². The average molecular weight is 454 g/mol. The van der Waals surface area contributed by atoms with E-state index in [1.54, 1.807) is 16.7 Å². The molecule has 0 amide bonds. The Hall–Kier alpha value is -3.66. The van der Waals surface area contributed by atoms with E-state index >= 15 is 4.39 Å². The van der Waals surface area contributed by atoms with Gasteiger partial charge in [-0.2, -0.15) is 0 Å². The molecule has 3 aromatic rings. The van der Waals surface area contributed by atoms with Crippen molar-refractivity contribution in [3.05, 3.63) is 64.1 Å². The number of hydrogen-bond acceptors (Lipinski definition) is 7. The first-order valence-electron chi connectivity index (χ1n) is 10.8. The second kappa shape index (κ2) is 8.36. The Labute approximate surface area is 187 Å². The Morgan fingerprint density at radius 3 is 2.58 bits per heavy atom. The number of carboxylic acid groups (broad SMARTS) is 1. The van der Waals surface area contributed by atoms with Crippen LogP contribution in [0.4, 0.5) is 10.1 Å². The molecule has 9 nitrogen and oxygen atoms in total. The molecule has 1 saturated carbocycles. The predicted molar refractivity (Wildman–Crippen MR) is 119 cm³/mol. The predicted octanol–water partition coefficient (Wildman–Crippen LogP) is 2.77. The number of benzene rings is 1. The van der Waals surface area contributed by atoms with Gasteiger partial charge in [-0.3, -0.25) is 9.69 Å². The summed E-state index contributed by atoms with van der Waals surface area (Å²) in [7, 11) is 0. The molecule has 0 bridgehead atoms. The molecule has 3 heterocycles. The number of pyridine rings is 1. The average Bonchev–Trinajstić information content (AvgIpc) is 3.51. The number of hydrogen-bond donors (Lipinski definition) is 2. The molecule has 10 heteroatoms. The summed E-state index contributed by atoms with van der Waals surface area (Å²) in [5, 5.41) is 22.2. The van der Waals surface area contributed by atoms with E-state index in [1.165, 1.54) is 24.8 Å². The first-order chi connectivity index (χ1) is 16.0. The molecular weight excluding hydrogens is 431 g/mol. The number of rotatable bonds is 6. The van der Waals surface area contributed by atoms with Crippen LogP contribution in [0.3, 0.4) is 0 Å². The van der Waals surface area contributed by atoms with E-state index in [0.717, 1.165) is 12.8 Å². The van der Waals surface area contributed by atoms with Gasteiger partial charge in [0.25, 0.3) is 0 Å². The van der Waals surface area contributed by atoms with Gasteiger partial charge in [0, 0.05) is 55.9 Å². The van der Waals surface area contributed by atoms with Gasteiger partial charge in [-0.1, -0.05) is 5.16 Å². The van der Waals surface area contributed by atoms with Crippen LogP contribution in [0.25, 0.3) is 10.9 Å². The first-order valence-corrected chi connectivity index (χ1v) is 10.8. The van der Waals surface area contributed by atoms with E-state index < -0.39 is 17.2 Å². The third-order valence-electron chi connectivity index (χ3n) is 6.33. The van der Waals surface area contributed by atoms with Crippen LogP contribution in [-0.2, 0) is 0 Å². The molecule has 0 atom stereocenters. The number of furan rings is 1. The van der Waals surface area contributed by atoms with Gasteiger partial charge >= 0.3 is 5.97 Å². The molecular formula is C23H23FN4O5. The van der Waals surface area contributed by atoms with E-state index in [1.807, 2.05) is 4.90 Å². The monoisotopic (exact) mass is 454 g/mol. The van der Waals surface area contributed by atoms with Crippen LogP contribution in [-0.4, -0.2) is 64.2 Å². The summed E-state index contributed by atoms with van der Waals surface area (Å²) in [5.41, 5.74) is 1.15. The first kappa shape index (κ1) is 21.2. The molecule has 0 radical (unpaired) electrons. The Bertz CT molecular complexity index is 1290. The van der Waals surface area contributed by atoms with E-state index in [0.29, 0.717) is 55.2 Å². The molecule has 0 spiro atoms. The zero-order chi connectivity index (χ0) is 23.1. The quantitative estimate of drug-likeness (QED) is 0.335. The Balaban J connectivity index is 1.40. The second-order valence-corrected chi connectivity index (χ2v) is 8.46. The number of aromatic nitrogens is 1. The van der Waals surface area contributed by atoms with Crippen molar-refractivity contribution in [1.82, 2.24) is 9.47 Å². The van der Waals surface area contributed by atoms with Gasteiger partial charge in [-0.25, -0.2) is 9.18 Å². The van der Waals surface area contributed by atoms with Crippen molar-refractivity contribution in [1.29, 1.82) is 0 Å². The summed E-state index contributed by atoms with van der Waals surface area (Å²) in [6, 6.07) is 4.68. The van der Waals surface area contributed by atoms with Gasteiger partial charge in [0.05, 0.1) is 23.7 Å². The lowest BCUT2D eigenvalue weighted by atomic mass is 10.1. The van der Waals surface area contributed by atoms with Gasteiger partial charge in [0.1, 0.15) is 17.1 Å². The summed E-state index contributed by atoms with van der Waals surface area (Å²) in [4.78, 5) is 28.2. The molecule has 1 aliphatic heterocycles. The summed E-state index contributed by atoms with van der Waals surface area (Å²) < 4.78 is 22.0. The van der Waals surface area contributed by atoms with E-state index in [9.17, 15) is 19.9 Å². The maximum Gasteiger partial charge on any atom is 0.341 e. The molecule has 2 aromatic heterocycles. The maximum absolute atomic E-state index is 15.1. The lowest BCUT2D eigenvalue weighted by molar-refractivity contribution is 0.0695. The lowest BCUT2D eigenvalue weighted by Gasteiger charge is -2.36. The highest BCUT2D eigenvalue weighted by Gasteiger charge is 2.28. The third-order valence-corrected chi connectivity index (χ3v) is 6.33. The van der Waals surface area contributed by atoms with Crippen molar-refractivity contribution in [2.45, 2.75) is 18.9 Å². The number of carbonyl (C=O) groups is 1. The van der Waals surface area contributed by atoms with Crippen molar-refractivity contribution in [2.75, 3.05) is 37.6 Å². The van der Waals surface area contributed by atoms with E-state index in [4.69, 9.17) is 4.42 Å². The highest BCUT2D eigenvalue weighted by molar-refractivity contribution is 6.01. The zero-order valence-electron chi connectivity index (χ0n) is 17.8. The van der Waals surface area contributed by atoms with Crippen LogP contribution in [0.1, 0.15) is 34.8 Å². The van der Waals surface area contributed by atoms with Crippen LogP contribution >= 0.6 is 0 Å². The number of aromatic carboxylic acids is 1. The molecule has 2 N–H and O–H groups in total. The Morgan fingerprint density at radius 2 is 1.97 bits per heavy atom. The summed E-state index contributed by atoms with van der Waals surface area (Å²) in [6.45, 7) is 2.79. The zero-order valence-corrected chi connectivity index (χ0v) is 17.8. The highest BCUT2D eigenvalue weighted by atomic mass is 19.1. The van der Waals surface area contributed by atoms with Crippen molar-refractivity contribution < 1.29 is 23.9 Å². The fourth-order valence-corrected chi connectivity index (χ4v) is 4.38. The number of halogens is 1. The van der Waals surface area contributed by atoms with Crippen molar-refractivity contribution >= 4 is 28.3 Å². The summed E-state index contributed by atoms with van der Waals surface area (Å²) >= 11 is 0. The number of piperazine rings is 1. The normalized spacial score (nSPS) is 17.6. The highest BCUT2D eigenvalue weighted by Crippen LogP contribution is 2.38. The minimum atomic E-state index is -1.31. The van der Waals surface area contributed by atoms with Gasteiger partial charge < -0.3 is 24.2 Å². The molecule has 5 rings (SSSR count). The fourth-order valence-electron chi connectivity index (χ4n) is 4.38. The van der Waals surface area contributed by atoms with Crippen molar-refractivity contribution in [2.24, 2.45) is 5.16 Å². The number of fused-ring (bicyclic) bond motifs is 1. The van der Waals surface area contributed by atoms with Gasteiger partial charge in [-0.15, -0.1) is 0 Å². The lowest BCUT2D eigenvalue weighted by Crippen LogP contribution is -2.48. The second-order valence-electron chi connectivity index (χ2n) is 8.46. The number of oxime groups is 1. The van der Waals surface area contributed by atoms with E-state index in [2.05, 4.69) is 10.1 Å². The largest absolute Gasteiger partial charge is 0.477 e. The minimum absolute atomic E-state index is 0.0885. The van der Waals surface area contributed by atoms with E-state index in [-0.39, 0.29) is 17.0 Å². The number of nitrogens with zero attached hydrogens (tertiary/aromatic N) is 4. The molecule has 2 fully saturated rings. The number of anilines is 1. The molecule has 1 aliphatic carbocycles. The van der Waals surface area contributed by atoms with Gasteiger partial charge in [0.15, 0.2) is 0 Å². The van der Waals surface area contributed by atoms with Crippen LogP contribution in [0.5, 0.6) is 0 Å². The molecule has 172 valence electrons. The van der Waals surface area contributed by atoms with Crippen LogP contribution < -0.4 is 10.3 Å². The smallest absolute Gasteiger partial charge is 0.341 e. The maximum atomic E-state index is 15.1. The standard InChI is InChI=1S/C23H23FN4O5/c24-18-9-16-20(28(15-1-2-15)11-17(22(16)29)23(30)31)10-21(18)27-6-4-26(5-7-27)12-19(25-32)14-3-8-33-13-14/h3,8-11,13,15,32H,1-2,4-7,12H2,(H,30,31)/b25-19+. The molecule has 1 saturated heterocycles. The van der Waals surface area contributed by atoms with Crippen molar-refractivity contribution in [3.63, 3.8) is 0 Å². The van der Waals surface area contributed by atoms with Crippen LogP contribution in [0.15, 0.2) is 51.3 Å². The number of carboxylic acids is 1. The SMILES string of the molecule is O=C(O)c1cn(C2CC2)c2cc(N3CCN(C/C(=N\O)c4ccoc4)CC3)c(F)cc2c1=O. The summed E-state index contributed by atoms with van der Waals surface area (Å²) in [6.07, 6.45) is 6.21. The van der Waals surface area contributed by atoms with Crippen LogP contribution in [0, 0.1) is 5.82 Å². The third kappa shape index (κ3) is 3.97.